The third-order valence-electron chi connectivity index (χ3n) is 5.28. The number of amides is 1. The molecule has 0 radical (unpaired) electrons. The summed E-state index contributed by atoms with van der Waals surface area (Å²) in [4.78, 5) is 28.1. The first-order valence-corrected chi connectivity index (χ1v) is 9.82. The molecule has 0 atom stereocenters. The molecule has 1 aromatic carbocycles. The molecule has 0 bridgehead atoms. The van der Waals surface area contributed by atoms with Gasteiger partial charge in [0.2, 0.25) is 5.95 Å². The minimum absolute atomic E-state index is 0.211. The van der Waals surface area contributed by atoms with Crippen molar-refractivity contribution in [3.8, 4) is 11.3 Å². The zero-order valence-electron chi connectivity index (χ0n) is 16.5. The number of nitrogens with zero attached hydrogens (tertiary/aromatic N) is 5. The summed E-state index contributed by atoms with van der Waals surface area (Å²) >= 11 is 0. The maximum Gasteiger partial charge on any atom is 0.256 e. The van der Waals surface area contributed by atoms with E-state index in [9.17, 15) is 4.79 Å². The number of hydrogen-bond acceptors (Lipinski definition) is 6. The number of rotatable bonds is 4. The maximum atomic E-state index is 12.6. The fraction of sp³-hybridized carbons (Fsp3) is 0.182. The van der Waals surface area contributed by atoms with Gasteiger partial charge in [0, 0.05) is 42.8 Å². The van der Waals surface area contributed by atoms with Crippen LogP contribution in [0.5, 0.6) is 0 Å². The average molecular weight is 399 g/mol. The minimum atomic E-state index is -0.211. The molecule has 1 aliphatic rings. The molecule has 1 saturated heterocycles. The van der Waals surface area contributed by atoms with Gasteiger partial charge in [0.25, 0.3) is 5.91 Å². The molecule has 8 nitrogen and oxygen atoms in total. The first kappa shape index (κ1) is 18.1. The number of aryl methyl sites for hydroxylation is 1. The van der Waals surface area contributed by atoms with Crippen molar-refractivity contribution in [1.82, 2.24) is 19.4 Å². The Morgan fingerprint density at radius 1 is 1.10 bits per heavy atom. The Bertz CT molecular complexity index is 1240. The highest BCUT2D eigenvalue weighted by Gasteiger charge is 2.23. The molecule has 0 unspecified atom stereocenters. The molecule has 3 aromatic heterocycles. The smallest absolute Gasteiger partial charge is 0.256 e. The van der Waals surface area contributed by atoms with Crippen molar-refractivity contribution >= 4 is 29.0 Å². The van der Waals surface area contributed by atoms with Crippen molar-refractivity contribution in [2.75, 3.05) is 29.0 Å². The van der Waals surface area contributed by atoms with E-state index in [4.69, 9.17) is 10.7 Å². The van der Waals surface area contributed by atoms with Gasteiger partial charge in [0.1, 0.15) is 22.8 Å². The summed E-state index contributed by atoms with van der Waals surface area (Å²) in [6.45, 7) is 3.91. The lowest BCUT2D eigenvalue weighted by molar-refractivity contribution is 0.102. The molecule has 1 fully saturated rings. The number of nitrogens with one attached hydrogen (secondary N) is 1. The van der Waals surface area contributed by atoms with E-state index in [0.29, 0.717) is 17.2 Å². The van der Waals surface area contributed by atoms with Crippen LogP contribution in [0.25, 0.3) is 16.8 Å². The number of pyridine rings is 1. The number of aromatic nitrogens is 4. The van der Waals surface area contributed by atoms with Gasteiger partial charge >= 0.3 is 0 Å². The lowest BCUT2D eigenvalue weighted by Crippen LogP contribution is -2.38. The molecule has 5 rings (SSSR count). The number of carbonyl (C=O) groups excluding carboxylic acids is 1. The van der Waals surface area contributed by atoms with E-state index < -0.39 is 0 Å². The van der Waals surface area contributed by atoms with Crippen molar-refractivity contribution in [1.29, 1.82) is 0 Å². The lowest BCUT2D eigenvalue weighted by atomic mass is 10.1. The van der Waals surface area contributed by atoms with Gasteiger partial charge in [-0.15, -0.1) is 0 Å². The van der Waals surface area contributed by atoms with Gasteiger partial charge in [-0.3, -0.25) is 9.20 Å². The van der Waals surface area contributed by atoms with Gasteiger partial charge in [-0.25, -0.2) is 15.0 Å². The molecule has 0 saturated carbocycles. The Kier molecular flexibility index (Phi) is 4.31. The van der Waals surface area contributed by atoms with Gasteiger partial charge in [-0.2, -0.15) is 0 Å². The number of anilines is 3. The third kappa shape index (κ3) is 3.12. The molecule has 150 valence electrons. The number of nitrogens with two attached hydrogens (primary N) is 1. The van der Waals surface area contributed by atoms with Crippen molar-refractivity contribution in [3.63, 3.8) is 0 Å². The van der Waals surface area contributed by atoms with Gasteiger partial charge in [-0.1, -0.05) is 12.1 Å². The van der Waals surface area contributed by atoms with Crippen LogP contribution in [0.4, 0.5) is 17.6 Å². The monoisotopic (exact) mass is 399 g/mol. The molecule has 1 amide bonds. The molecular weight excluding hydrogens is 378 g/mol. The summed E-state index contributed by atoms with van der Waals surface area (Å²) in [5.74, 6) is 1.62. The molecule has 4 aromatic rings. The van der Waals surface area contributed by atoms with E-state index in [0.717, 1.165) is 47.8 Å². The first-order valence-electron chi connectivity index (χ1n) is 9.82. The number of nitrogen functional groups attached to an aromatic ring is 1. The fourth-order valence-electron chi connectivity index (χ4n) is 3.56. The molecular formula is C22H21N7O. The van der Waals surface area contributed by atoms with E-state index in [-0.39, 0.29) is 5.91 Å². The number of carbonyl (C=O) groups is 1. The highest BCUT2D eigenvalue weighted by Crippen LogP contribution is 2.32. The summed E-state index contributed by atoms with van der Waals surface area (Å²) in [5, 5.41) is 2.82. The Morgan fingerprint density at radius 3 is 2.60 bits per heavy atom. The lowest BCUT2D eigenvalue weighted by Gasteiger charge is -2.31. The van der Waals surface area contributed by atoms with Gasteiger partial charge in [0.15, 0.2) is 0 Å². The van der Waals surface area contributed by atoms with Gasteiger partial charge in [0.05, 0.1) is 0 Å². The van der Waals surface area contributed by atoms with Crippen LogP contribution in [0.15, 0.2) is 55.0 Å². The highest BCUT2D eigenvalue weighted by atomic mass is 16.1. The fourth-order valence-corrected chi connectivity index (χ4v) is 3.56. The van der Waals surface area contributed by atoms with E-state index in [2.05, 4.69) is 20.2 Å². The number of hydrogen-bond donors (Lipinski definition) is 2. The summed E-state index contributed by atoms with van der Waals surface area (Å²) in [6.07, 6.45) is 6.40. The predicted molar refractivity (Wildman–Crippen MR) is 117 cm³/mol. The Labute approximate surface area is 173 Å². The SMILES string of the molecule is Cc1ccnc(NC(=O)c2ccc(-c3nc(N4CCC4)n4ccnc(N)c34)cc2)c1. The predicted octanol–water partition coefficient (Wildman–Crippen LogP) is 3.14. The number of imidazole rings is 1. The second-order valence-corrected chi connectivity index (χ2v) is 7.38. The highest BCUT2D eigenvalue weighted by molar-refractivity contribution is 6.04. The standard InChI is InChI=1S/C22H21N7O/c1-14-7-8-24-17(13-14)26-21(30)16-5-3-15(4-6-16)18-19-20(23)25-9-12-29(19)22(27-18)28-10-2-11-28/h3-9,12-13H,2,10-11H2,1H3,(H2,23,25)(H,24,26,30). The van der Waals surface area contributed by atoms with Gasteiger partial charge < -0.3 is 16.0 Å². The molecule has 3 N–H and O–H groups in total. The largest absolute Gasteiger partial charge is 0.382 e. The van der Waals surface area contributed by atoms with Crippen LogP contribution in [0.1, 0.15) is 22.3 Å². The summed E-state index contributed by atoms with van der Waals surface area (Å²) in [6, 6.07) is 11.0. The second kappa shape index (κ2) is 7.14. The number of benzene rings is 1. The van der Waals surface area contributed by atoms with Crippen molar-refractivity contribution in [2.45, 2.75) is 13.3 Å². The van der Waals surface area contributed by atoms with Crippen LogP contribution in [-0.2, 0) is 0 Å². The summed E-state index contributed by atoms with van der Waals surface area (Å²) in [5.41, 5.74) is 10.2. The van der Waals surface area contributed by atoms with Crippen molar-refractivity contribution in [2.24, 2.45) is 0 Å². The normalized spacial score (nSPS) is 13.3. The third-order valence-corrected chi connectivity index (χ3v) is 5.28. The van der Waals surface area contributed by atoms with Crippen molar-refractivity contribution in [3.05, 3.63) is 66.1 Å². The quantitative estimate of drug-likeness (QED) is 0.547. The zero-order valence-corrected chi connectivity index (χ0v) is 16.5. The maximum absolute atomic E-state index is 12.6. The van der Waals surface area contributed by atoms with E-state index in [1.165, 1.54) is 0 Å². The molecule has 0 aliphatic carbocycles. The zero-order chi connectivity index (χ0) is 20.7. The van der Waals surface area contributed by atoms with Crippen LogP contribution in [0.3, 0.4) is 0 Å². The van der Waals surface area contributed by atoms with Crippen LogP contribution < -0.4 is 16.0 Å². The summed E-state index contributed by atoms with van der Waals surface area (Å²) in [7, 11) is 0. The van der Waals surface area contributed by atoms with Gasteiger partial charge in [-0.05, 0) is 43.2 Å². The Morgan fingerprint density at radius 2 is 1.90 bits per heavy atom. The van der Waals surface area contributed by atoms with Crippen LogP contribution >= 0.6 is 0 Å². The molecule has 1 aliphatic heterocycles. The second-order valence-electron chi connectivity index (χ2n) is 7.38. The first-order chi connectivity index (χ1) is 14.6. The topological polar surface area (TPSA) is 101 Å². The Balaban J connectivity index is 1.47. The molecule has 0 spiro atoms. The summed E-state index contributed by atoms with van der Waals surface area (Å²) < 4.78 is 1.99. The van der Waals surface area contributed by atoms with E-state index >= 15 is 0 Å². The molecule has 4 heterocycles. The molecule has 30 heavy (non-hydrogen) atoms. The molecule has 8 heteroatoms. The van der Waals surface area contributed by atoms with Crippen LogP contribution in [-0.4, -0.2) is 38.3 Å². The minimum Gasteiger partial charge on any atom is -0.382 e. The van der Waals surface area contributed by atoms with Crippen LogP contribution in [0.2, 0.25) is 0 Å². The van der Waals surface area contributed by atoms with E-state index in [1.54, 1.807) is 24.5 Å². The van der Waals surface area contributed by atoms with E-state index in [1.807, 2.05) is 41.8 Å². The van der Waals surface area contributed by atoms with Crippen molar-refractivity contribution < 1.29 is 4.79 Å². The average Bonchev–Trinajstić information content (AvgIpc) is 3.07. The Hall–Kier alpha value is -3.94. The number of fused-ring (bicyclic) bond motifs is 1. The van der Waals surface area contributed by atoms with Crippen LogP contribution in [0, 0.1) is 6.92 Å².